The van der Waals surface area contributed by atoms with Gasteiger partial charge in [0.05, 0.1) is 26.0 Å². The summed E-state index contributed by atoms with van der Waals surface area (Å²) in [4.78, 5) is 14.4. The Morgan fingerprint density at radius 3 is 2.65 bits per heavy atom. The lowest BCUT2D eigenvalue weighted by Gasteiger charge is -2.33. The Morgan fingerprint density at radius 1 is 1.30 bits per heavy atom. The van der Waals surface area contributed by atoms with E-state index in [4.69, 9.17) is 9.47 Å². The van der Waals surface area contributed by atoms with Gasteiger partial charge in [-0.15, -0.1) is 0 Å². The van der Waals surface area contributed by atoms with Crippen LogP contribution >= 0.6 is 0 Å². The van der Waals surface area contributed by atoms with Gasteiger partial charge in [0.25, 0.3) is 5.91 Å². The molecule has 0 bridgehead atoms. The second kappa shape index (κ2) is 7.18. The number of piperidine rings is 1. The van der Waals surface area contributed by atoms with E-state index in [0.717, 1.165) is 19.1 Å². The number of likely N-dealkylation sites (tertiary alicyclic amines) is 1. The lowest BCUT2D eigenvalue weighted by Crippen LogP contribution is -2.49. The summed E-state index contributed by atoms with van der Waals surface area (Å²) in [5.41, 5.74) is 0.438. The first-order valence-corrected chi connectivity index (χ1v) is 9.22. The van der Waals surface area contributed by atoms with Crippen molar-refractivity contribution in [3.63, 3.8) is 0 Å². The van der Waals surface area contributed by atoms with Gasteiger partial charge in [-0.25, -0.2) is 13.1 Å². The maximum atomic E-state index is 12.7. The van der Waals surface area contributed by atoms with Crippen LogP contribution in [0.4, 0.5) is 0 Å². The van der Waals surface area contributed by atoms with E-state index in [1.807, 2.05) is 0 Å². The van der Waals surface area contributed by atoms with E-state index in [2.05, 4.69) is 4.72 Å². The number of hydrogen-bond donors (Lipinski definition) is 1. The Morgan fingerprint density at radius 2 is 2.04 bits per heavy atom. The molecule has 23 heavy (non-hydrogen) atoms. The topological polar surface area (TPSA) is 84.9 Å². The van der Waals surface area contributed by atoms with Gasteiger partial charge in [-0.2, -0.15) is 0 Å². The van der Waals surface area contributed by atoms with E-state index in [1.54, 1.807) is 30.2 Å². The number of nitrogens with zero attached hydrogens (tertiary/aromatic N) is 1. The van der Waals surface area contributed by atoms with E-state index < -0.39 is 10.0 Å². The maximum absolute atomic E-state index is 12.7. The van der Waals surface area contributed by atoms with Crippen LogP contribution in [0.25, 0.3) is 0 Å². The summed E-state index contributed by atoms with van der Waals surface area (Å²) in [7, 11) is -0.249. The number of hydrogen-bond acceptors (Lipinski definition) is 5. The molecule has 1 heterocycles. The zero-order valence-electron chi connectivity index (χ0n) is 13.5. The smallest absolute Gasteiger partial charge is 0.257 e. The molecule has 2 rings (SSSR count). The molecule has 0 saturated carbocycles. The van der Waals surface area contributed by atoms with Gasteiger partial charge in [-0.05, 0) is 25.0 Å². The summed E-state index contributed by atoms with van der Waals surface area (Å²) >= 11 is 0. The predicted molar refractivity (Wildman–Crippen MR) is 86.5 cm³/mol. The third kappa shape index (κ3) is 4.59. The first-order valence-electron chi connectivity index (χ1n) is 7.32. The number of rotatable bonds is 5. The third-order valence-corrected chi connectivity index (χ3v) is 4.49. The second-order valence-electron chi connectivity index (χ2n) is 5.55. The van der Waals surface area contributed by atoms with Crippen molar-refractivity contribution in [3.05, 3.63) is 23.8 Å². The molecule has 8 heteroatoms. The summed E-state index contributed by atoms with van der Waals surface area (Å²) < 4.78 is 35.7. The van der Waals surface area contributed by atoms with E-state index in [-0.39, 0.29) is 11.9 Å². The molecule has 128 valence electrons. The first-order chi connectivity index (χ1) is 10.8. The van der Waals surface area contributed by atoms with Gasteiger partial charge >= 0.3 is 0 Å². The van der Waals surface area contributed by atoms with Crippen LogP contribution in [0, 0.1) is 0 Å². The highest BCUT2D eigenvalue weighted by atomic mass is 32.2. The van der Waals surface area contributed by atoms with Crippen molar-refractivity contribution in [1.82, 2.24) is 9.62 Å². The van der Waals surface area contributed by atoms with Crippen molar-refractivity contribution in [3.8, 4) is 11.5 Å². The highest BCUT2D eigenvalue weighted by Gasteiger charge is 2.27. The molecule has 1 aliphatic rings. The molecule has 1 amide bonds. The van der Waals surface area contributed by atoms with E-state index in [1.165, 1.54) is 7.11 Å². The molecule has 1 aliphatic heterocycles. The van der Waals surface area contributed by atoms with Gasteiger partial charge in [-0.1, -0.05) is 0 Å². The number of amides is 1. The third-order valence-electron chi connectivity index (χ3n) is 3.73. The maximum Gasteiger partial charge on any atom is 0.257 e. The van der Waals surface area contributed by atoms with Crippen LogP contribution in [0.5, 0.6) is 11.5 Å². The Balaban J connectivity index is 2.16. The number of ether oxygens (including phenoxy) is 2. The van der Waals surface area contributed by atoms with Gasteiger partial charge in [0.1, 0.15) is 11.5 Å². The van der Waals surface area contributed by atoms with Crippen molar-refractivity contribution in [2.24, 2.45) is 0 Å². The molecular weight excluding hydrogens is 320 g/mol. The Labute approximate surface area is 136 Å². The Hall–Kier alpha value is -1.80. The molecule has 7 nitrogen and oxygen atoms in total. The van der Waals surface area contributed by atoms with Crippen molar-refractivity contribution in [2.75, 3.05) is 33.6 Å². The molecule has 0 spiro atoms. The minimum absolute atomic E-state index is 0.176. The van der Waals surface area contributed by atoms with Crippen LogP contribution in [-0.2, 0) is 10.0 Å². The Bertz CT molecular complexity index is 674. The van der Waals surface area contributed by atoms with Crippen LogP contribution in [-0.4, -0.2) is 58.8 Å². The lowest BCUT2D eigenvalue weighted by molar-refractivity contribution is 0.0699. The molecule has 1 atom stereocenters. The second-order valence-corrected chi connectivity index (χ2v) is 7.33. The van der Waals surface area contributed by atoms with Crippen LogP contribution in [0.15, 0.2) is 18.2 Å². The number of nitrogens with one attached hydrogen (secondary N) is 1. The monoisotopic (exact) mass is 342 g/mol. The molecule has 1 N–H and O–H groups in total. The Kier molecular flexibility index (Phi) is 5.48. The van der Waals surface area contributed by atoms with Crippen LogP contribution < -0.4 is 14.2 Å². The van der Waals surface area contributed by atoms with E-state index in [0.29, 0.717) is 30.2 Å². The molecule has 0 aliphatic carbocycles. The molecule has 0 aromatic heterocycles. The molecule has 1 saturated heterocycles. The summed E-state index contributed by atoms with van der Waals surface area (Å²) in [5, 5.41) is 0. The van der Waals surface area contributed by atoms with E-state index >= 15 is 0 Å². The largest absolute Gasteiger partial charge is 0.497 e. The summed E-state index contributed by atoms with van der Waals surface area (Å²) in [6.07, 6.45) is 2.59. The average molecular weight is 342 g/mol. The average Bonchev–Trinajstić information content (AvgIpc) is 2.52. The molecule has 0 radical (unpaired) electrons. The quantitative estimate of drug-likeness (QED) is 0.858. The summed E-state index contributed by atoms with van der Waals surface area (Å²) in [5.74, 6) is 0.866. The van der Waals surface area contributed by atoms with Crippen LogP contribution in [0.2, 0.25) is 0 Å². The van der Waals surface area contributed by atoms with Gasteiger partial charge in [0.2, 0.25) is 10.0 Å². The van der Waals surface area contributed by atoms with Gasteiger partial charge in [-0.3, -0.25) is 4.79 Å². The first kappa shape index (κ1) is 17.6. The van der Waals surface area contributed by atoms with Crippen molar-refractivity contribution >= 4 is 15.9 Å². The zero-order valence-corrected chi connectivity index (χ0v) is 14.4. The number of benzene rings is 1. The van der Waals surface area contributed by atoms with Crippen LogP contribution in [0.3, 0.4) is 0 Å². The highest BCUT2D eigenvalue weighted by molar-refractivity contribution is 7.88. The molecule has 0 unspecified atom stereocenters. The molecular formula is C15H22N2O5S. The zero-order chi connectivity index (χ0) is 17.0. The van der Waals surface area contributed by atoms with Crippen molar-refractivity contribution in [2.45, 2.75) is 18.9 Å². The normalized spacial score (nSPS) is 18.6. The number of methoxy groups -OCH3 is 2. The minimum Gasteiger partial charge on any atom is -0.497 e. The number of sulfonamides is 1. The fourth-order valence-electron chi connectivity index (χ4n) is 2.71. The van der Waals surface area contributed by atoms with Gasteiger partial charge in [0, 0.05) is 25.2 Å². The van der Waals surface area contributed by atoms with Crippen LogP contribution in [0.1, 0.15) is 23.2 Å². The SMILES string of the molecule is COc1ccc(C(=O)N2CCC[C@@H](NS(C)(=O)=O)C2)c(OC)c1. The lowest BCUT2D eigenvalue weighted by atomic mass is 10.0. The van der Waals surface area contributed by atoms with Gasteiger partial charge < -0.3 is 14.4 Å². The summed E-state index contributed by atoms with van der Waals surface area (Å²) in [6, 6.07) is 4.76. The molecule has 1 aromatic rings. The van der Waals surface area contributed by atoms with Crippen molar-refractivity contribution < 1.29 is 22.7 Å². The van der Waals surface area contributed by atoms with E-state index in [9.17, 15) is 13.2 Å². The standard InChI is InChI=1S/C15H22N2O5S/c1-21-12-6-7-13(14(9-12)22-2)15(18)17-8-4-5-11(10-17)16-23(3,19)20/h6-7,9,11,16H,4-5,8,10H2,1-3H3/t11-/m1/s1. The fourth-order valence-corrected chi connectivity index (χ4v) is 3.50. The van der Waals surface area contributed by atoms with Crippen molar-refractivity contribution in [1.29, 1.82) is 0 Å². The highest BCUT2D eigenvalue weighted by Crippen LogP contribution is 2.26. The fraction of sp³-hybridized carbons (Fsp3) is 0.533. The number of carbonyl (C=O) groups excluding carboxylic acids is 1. The molecule has 1 fully saturated rings. The molecule has 1 aromatic carbocycles. The summed E-state index contributed by atoms with van der Waals surface area (Å²) in [6.45, 7) is 0.942. The van der Waals surface area contributed by atoms with Gasteiger partial charge in [0.15, 0.2) is 0 Å². The predicted octanol–water partition coefficient (Wildman–Crippen LogP) is 0.858. The minimum atomic E-state index is -3.29. The number of carbonyl (C=O) groups is 1.